The minimum Gasteiger partial charge on any atom is -0.394 e. The maximum atomic E-state index is 13.4. The number of aliphatic hydroxyl groups is 1. The molecule has 0 aliphatic heterocycles. The number of para-hydroxylation sites is 1. The highest BCUT2D eigenvalue weighted by atomic mass is 19.1. The summed E-state index contributed by atoms with van der Waals surface area (Å²) >= 11 is 0. The van der Waals surface area contributed by atoms with Crippen LogP contribution in [-0.4, -0.2) is 33.4 Å². The van der Waals surface area contributed by atoms with E-state index in [1.807, 2.05) is 0 Å². The highest BCUT2D eigenvalue weighted by molar-refractivity contribution is 6.04. The molecule has 0 unspecified atom stereocenters. The number of nitrogens with zero attached hydrogens (tertiary/aromatic N) is 1. The van der Waals surface area contributed by atoms with Gasteiger partial charge in [0.25, 0.3) is 5.91 Å². The van der Waals surface area contributed by atoms with E-state index in [9.17, 15) is 9.18 Å². The number of H-pyrrole nitrogens is 1. The molecule has 0 aliphatic carbocycles. The lowest BCUT2D eigenvalue weighted by Crippen LogP contribution is -2.46. The molecular weight excluding hydrogens is 237 g/mol. The molecule has 5 nitrogen and oxygen atoms in total. The van der Waals surface area contributed by atoms with Crippen LogP contribution in [0.2, 0.25) is 0 Å². The van der Waals surface area contributed by atoms with Gasteiger partial charge in [-0.2, -0.15) is 5.10 Å². The minimum absolute atomic E-state index is 0.129. The molecule has 2 rings (SSSR count). The lowest BCUT2D eigenvalue weighted by molar-refractivity contribution is 0.0866. The summed E-state index contributed by atoms with van der Waals surface area (Å²) in [7, 11) is 0. The third-order valence-corrected chi connectivity index (χ3v) is 2.61. The number of nitrogens with one attached hydrogen (secondary N) is 2. The molecule has 0 fully saturated rings. The van der Waals surface area contributed by atoms with Gasteiger partial charge in [-0.1, -0.05) is 12.1 Å². The molecule has 3 N–H and O–H groups in total. The summed E-state index contributed by atoms with van der Waals surface area (Å²) < 4.78 is 13.4. The molecule has 0 saturated carbocycles. The van der Waals surface area contributed by atoms with Crippen molar-refractivity contribution in [1.29, 1.82) is 0 Å². The van der Waals surface area contributed by atoms with E-state index in [0.717, 1.165) is 0 Å². The van der Waals surface area contributed by atoms with Crippen LogP contribution in [0.5, 0.6) is 0 Å². The zero-order valence-electron chi connectivity index (χ0n) is 10.1. The summed E-state index contributed by atoms with van der Waals surface area (Å²) in [6, 6.07) is 4.41. The van der Waals surface area contributed by atoms with Crippen LogP contribution in [0.25, 0.3) is 10.9 Å². The number of aromatic nitrogens is 2. The summed E-state index contributed by atoms with van der Waals surface area (Å²) in [5.41, 5.74) is -0.433. The Morgan fingerprint density at radius 2 is 2.28 bits per heavy atom. The summed E-state index contributed by atoms with van der Waals surface area (Å²) in [5, 5.41) is 18.4. The van der Waals surface area contributed by atoms with Gasteiger partial charge in [0, 0.05) is 5.39 Å². The van der Waals surface area contributed by atoms with Gasteiger partial charge in [-0.25, -0.2) is 4.39 Å². The van der Waals surface area contributed by atoms with Gasteiger partial charge in [-0.05, 0) is 19.9 Å². The fourth-order valence-corrected chi connectivity index (χ4v) is 1.59. The number of carbonyl (C=O) groups is 1. The van der Waals surface area contributed by atoms with Crippen molar-refractivity contribution in [2.45, 2.75) is 19.4 Å². The second-order valence-electron chi connectivity index (χ2n) is 4.73. The summed E-state index contributed by atoms with van der Waals surface area (Å²) in [6.45, 7) is 3.17. The van der Waals surface area contributed by atoms with E-state index in [1.165, 1.54) is 12.1 Å². The SMILES string of the molecule is CC(C)(CO)NC(=O)c1[nH]nc2c(F)cccc12. The van der Waals surface area contributed by atoms with Crippen molar-refractivity contribution in [3.8, 4) is 0 Å². The van der Waals surface area contributed by atoms with Crippen LogP contribution in [0.15, 0.2) is 18.2 Å². The topological polar surface area (TPSA) is 78.0 Å². The highest BCUT2D eigenvalue weighted by Crippen LogP contribution is 2.19. The van der Waals surface area contributed by atoms with Crippen LogP contribution in [0.3, 0.4) is 0 Å². The average molecular weight is 251 g/mol. The molecule has 6 heteroatoms. The van der Waals surface area contributed by atoms with E-state index >= 15 is 0 Å². The number of carbonyl (C=O) groups excluding carboxylic acids is 1. The van der Waals surface area contributed by atoms with Crippen molar-refractivity contribution in [2.24, 2.45) is 0 Å². The largest absolute Gasteiger partial charge is 0.394 e. The third-order valence-electron chi connectivity index (χ3n) is 2.61. The van der Waals surface area contributed by atoms with Crippen molar-refractivity contribution in [3.05, 3.63) is 29.7 Å². The number of hydrogen-bond donors (Lipinski definition) is 3. The van der Waals surface area contributed by atoms with Gasteiger partial charge in [0.2, 0.25) is 0 Å². The van der Waals surface area contributed by atoms with Crippen molar-refractivity contribution in [3.63, 3.8) is 0 Å². The zero-order chi connectivity index (χ0) is 13.3. The van der Waals surface area contributed by atoms with E-state index in [4.69, 9.17) is 5.11 Å². The molecule has 1 amide bonds. The third kappa shape index (κ3) is 2.19. The lowest BCUT2D eigenvalue weighted by Gasteiger charge is -2.22. The Balaban J connectivity index is 2.37. The van der Waals surface area contributed by atoms with Crippen LogP contribution in [0.4, 0.5) is 4.39 Å². The van der Waals surface area contributed by atoms with Crippen LogP contribution in [0, 0.1) is 5.82 Å². The zero-order valence-corrected chi connectivity index (χ0v) is 10.1. The molecule has 96 valence electrons. The van der Waals surface area contributed by atoms with Gasteiger partial charge in [-0.15, -0.1) is 0 Å². The van der Waals surface area contributed by atoms with Crippen LogP contribution in [-0.2, 0) is 0 Å². The van der Waals surface area contributed by atoms with E-state index in [0.29, 0.717) is 5.39 Å². The Hall–Kier alpha value is -1.95. The number of amides is 1. The molecule has 0 bridgehead atoms. The second kappa shape index (κ2) is 4.38. The van der Waals surface area contributed by atoms with E-state index < -0.39 is 17.3 Å². The molecular formula is C12H14FN3O2. The molecule has 0 saturated heterocycles. The first-order chi connectivity index (χ1) is 8.44. The van der Waals surface area contributed by atoms with Crippen molar-refractivity contribution >= 4 is 16.8 Å². The van der Waals surface area contributed by atoms with Crippen molar-refractivity contribution < 1.29 is 14.3 Å². The molecule has 1 aromatic carbocycles. The Morgan fingerprint density at radius 3 is 2.94 bits per heavy atom. The summed E-state index contributed by atoms with van der Waals surface area (Å²) in [4.78, 5) is 12.0. The number of aromatic amines is 1. The number of benzene rings is 1. The molecule has 2 aromatic rings. The van der Waals surface area contributed by atoms with Gasteiger partial charge < -0.3 is 10.4 Å². The van der Waals surface area contributed by atoms with Gasteiger partial charge in [0.15, 0.2) is 5.82 Å². The summed E-state index contributed by atoms with van der Waals surface area (Å²) in [5.74, 6) is -0.911. The first kappa shape index (κ1) is 12.5. The van der Waals surface area contributed by atoms with Gasteiger partial charge >= 0.3 is 0 Å². The first-order valence-corrected chi connectivity index (χ1v) is 5.50. The lowest BCUT2D eigenvalue weighted by atomic mass is 10.1. The molecule has 0 radical (unpaired) electrons. The predicted molar refractivity (Wildman–Crippen MR) is 64.7 cm³/mol. The molecule has 0 atom stereocenters. The number of fused-ring (bicyclic) bond motifs is 1. The Kier molecular flexibility index (Phi) is 3.04. The number of hydrogen-bond acceptors (Lipinski definition) is 3. The van der Waals surface area contributed by atoms with Gasteiger partial charge in [0.05, 0.1) is 12.1 Å². The van der Waals surface area contributed by atoms with Crippen molar-refractivity contribution in [1.82, 2.24) is 15.5 Å². The van der Waals surface area contributed by atoms with Crippen LogP contribution in [0.1, 0.15) is 24.3 Å². The Morgan fingerprint density at radius 1 is 1.56 bits per heavy atom. The quantitative estimate of drug-likeness (QED) is 0.767. The monoisotopic (exact) mass is 251 g/mol. The van der Waals surface area contributed by atoms with Crippen molar-refractivity contribution in [2.75, 3.05) is 6.61 Å². The van der Waals surface area contributed by atoms with E-state index in [2.05, 4.69) is 15.5 Å². The Labute approximate surface area is 103 Å². The second-order valence-corrected chi connectivity index (χ2v) is 4.73. The van der Waals surface area contributed by atoms with Crippen LogP contribution < -0.4 is 5.32 Å². The normalized spacial score (nSPS) is 11.8. The average Bonchev–Trinajstić information content (AvgIpc) is 2.74. The van der Waals surface area contributed by atoms with Gasteiger partial charge in [-0.3, -0.25) is 9.89 Å². The van der Waals surface area contributed by atoms with E-state index in [1.54, 1.807) is 19.9 Å². The molecule has 0 aliphatic rings. The van der Waals surface area contributed by atoms with Gasteiger partial charge in [0.1, 0.15) is 11.2 Å². The first-order valence-electron chi connectivity index (χ1n) is 5.50. The molecule has 18 heavy (non-hydrogen) atoms. The molecule has 1 aromatic heterocycles. The minimum atomic E-state index is -0.748. The fourth-order valence-electron chi connectivity index (χ4n) is 1.59. The van der Waals surface area contributed by atoms with Crippen LogP contribution >= 0.6 is 0 Å². The molecule has 1 heterocycles. The maximum absolute atomic E-state index is 13.4. The smallest absolute Gasteiger partial charge is 0.270 e. The number of halogens is 1. The Bertz CT molecular complexity index is 592. The number of aliphatic hydroxyl groups excluding tert-OH is 1. The standard InChI is InChI=1S/C12H14FN3O2/c1-12(2,6-17)14-11(18)10-7-4-3-5-8(13)9(7)15-16-10/h3-5,17H,6H2,1-2H3,(H,14,18)(H,15,16). The maximum Gasteiger partial charge on any atom is 0.270 e. The summed E-state index contributed by atoms with van der Waals surface area (Å²) in [6.07, 6.45) is 0. The fraction of sp³-hybridized carbons (Fsp3) is 0.333. The molecule has 0 spiro atoms. The predicted octanol–water partition coefficient (Wildman–Crippen LogP) is 1.20. The number of rotatable bonds is 3. The highest BCUT2D eigenvalue weighted by Gasteiger charge is 2.23. The van der Waals surface area contributed by atoms with E-state index in [-0.39, 0.29) is 17.8 Å².